The third kappa shape index (κ3) is 4.51. The minimum absolute atomic E-state index is 0.479. The van der Waals surface area contributed by atoms with Crippen molar-refractivity contribution < 1.29 is 4.74 Å². The number of pyridine rings is 1. The smallest absolute Gasteiger partial charge is 0.137 e. The lowest BCUT2D eigenvalue weighted by Gasteiger charge is -2.14. The molecule has 0 aliphatic rings. The van der Waals surface area contributed by atoms with Crippen molar-refractivity contribution in [1.29, 1.82) is 0 Å². The van der Waals surface area contributed by atoms with Crippen LogP contribution in [-0.4, -0.2) is 18.1 Å². The summed E-state index contributed by atoms with van der Waals surface area (Å²) in [6.07, 6.45) is 6.79. The normalized spacial score (nSPS) is 12.2. The lowest BCUT2D eigenvalue weighted by Crippen LogP contribution is -2.15. The Hall–Kier alpha value is -1.25. The summed E-state index contributed by atoms with van der Waals surface area (Å²) in [5.74, 6) is 1.72. The zero-order chi connectivity index (χ0) is 11.8. The number of methoxy groups -OCH3 is 1. The molecule has 16 heavy (non-hydrogen) atoms. The Morgan fingerprint density at radius 3 is 2.75 bits per heavy atom. The van der Waals surface area contributed by atoms with E-state index in [2.05, 4.69) is 24.1 Å². The standard InChI is InChI=1S/C13H22N2O/c1-4-5-6-7-11(2)15-13-9-8-12(16-3)10-14-13/h8-11H,4-7H2,1-3H3,(H,14,15). The van der Waals surface area contributed by atoms with Crippen molar-refractivity contribution in [3.63, 3.8) is 0 Å². The Bertz CT molecular complexity index is 284. The van der Waals surface area contributed by atoms with E-state index in [-0.39, 0.29) is 0 Å². The second-order valence-corrected chi connectivity index (χ2v) is 4.12. The minimum atomic E-state index is 0.479. The summed E-state index contributed by atoms with van der Waals surface area (Å²) in [5, 5.41) is 3.39. The van der Waals surface area contributed by atoms with E-state index in [1.165, 1.54) is 25.7 Å². The molecule has 1 aromatic heterocycles. The van der Waals surface area contributed by atoms with Gasteiger partial charge in [0.1, 0.15) is 11.6 Å². The SMILES string of the molecule is CCCCCC(C)Nc1ccc(OC)cn1. The van der Waals surface area contributed by atoms with Crippen LogP contribution in [0, 0.1) is 0 Å². The topological polar surface area (TPSA) is 34.1 Å². The van der Waals surface area contributed by atoms with Gasteiger partial charge in [-0.3, -0.25) is 0 Å². The second-order valence-electron chi connectivity index (χ2n) is 4.12. The highest BCUT2D eigenvalue weighted by molar-refractivity contribution is 5.38. The average Bonchev–Trinajstić information content (AvgIpc) is 2.30. The molecular weight excluding hydrogens is 200 g/mol. The van der Waals surface area contributed by atoms with Gasteiger partial charge < -0.3 is 10.1 Å². The number of nitrogens with zero attached hydrogens (tertiary/aromatic N) is 1. The Kier molecular flexibility index (Phi) is 5.68. The van der Waals surface area contributed by atoms with Crippen molar-refractivity contribution in [2.45, 2.75) is 45.6 Å². The lowest BCUT2D eigenvalue weighted by molar-refractivity contribution is 0.413. The van der Waals surface area contributed by atoms with Crippen LogP contribution < -0.4 is 10.1 Å². The predicted octanol–water partition coefficient (Wildman–Crippen LogP) is 3.47. The molecule has 1 aromatic rings. The molecule has 0 spiro atoms. The van der Waals surface area contributed by atoms with Crippen LogP contribution >= 0.6 is 0 Å². The van der Waals surface area contributed by atoms with Crippen molar-refractivity contribution in [2.24, 2.45) is 0 Å². The molecule has 3 nitrogen and oxygen atoms in total. The number of aromatic nitrogens is 1. The van der Waals surface area contributed by atoms with Crippen LogP contribution in [0.2, 0.25) is 0 Å². The average molecular weight is 222 g/mol. The number of hydrogen-bond acceptors (Lipinski definition) is 3. The maximum absolute atomic E-state index is 5.06. The Morgan fingerprint density at radius 2 is 2.19 bits per heavy atom. The third-order valence-electron chi connectivity index (χ3n) is 2.61. The van der Waals surface area contributed by atoms with E-state index in [9.17, 15) is 0 Å². The third-order valence-corrected chi connectivity index (χ3v) is 2.61. The van der Waals surface area contributed by atoms with Crippen LogP contribution in [-0.2, 0) is 0 Å². The Balaban J connectivity index is 2.34. The summed E-state index contributed by atoms with van der Waals surface area (Å²) in [6, 6.07) is 4.36. The fourth-order valence-electron chi connectivity index (χ4n) is 1.61. The maximum atomic E-state index is 5.06. The number of unbranched alkanes of at least 4 members (excludes halogenated alkanes) is 2. The maximum Gasteiger partial charge on any atom is 0.137 e. The minimum Gasteiger partial charge on any atom is -0.495 e. The van der Waals surface area contributed by atoms with Crippen molar-refractivity contribution in [2.75, 3.05) is 12.4 Å². The van der Waals surface area contributed by atoms with Crippen LogP contribution in [0.15, 0.2) is 18.3 Å². The Morgan fingerprint density at radius 1 is 1.38 bits per heavy atom. The van der Waals surface area contributed by atoms with Gasteiger partial charge >= 0.3 is 0 Å². The highest BCUT2D eigenvalue weighted by Gasteiger charge is 2.02. The molecule has 0 amide bonds. The summed E-state index contributed by atoms with van der Waals surface area (Å²) >= 11 is 0. The van der Waals surface area contributed by atoms with Crippen LogP contribution in [0.3, 0.4) is 0 Å². The number of hydrogen-bond donors (Lipinski definition) is 1. The lowest BCUT2D eigenvalue weighted by atomic mass is 10.1. The first-order chi connectivity index (χ1) is 7.76. The molecule has 0 aliphatic carbocycles. The molecule has 0 aliphatic heterocycles. The fraction of sp³-hybridized carbons (Fsp3) is 0.615. The van der Waals surface area contributed by atoms with Gasteiger partial charge in [-0.2, -0.15) is 0 Å². The summed E-state index contributed by atoms with van der Waals surface area (Å²) in [6.45, 7) is 4.42. The summed E-state index contributed by atoms with van der Waals surface area (Å²) < 4.78 is 5.06. The van der Waals surface area contributed by atoms with Gasteiger partial charge in [0.05, 0.1) is 13.3 Å². The van der Waals surface area contributed by atoms with Gasteiger partial charge in [-0.25, -0.2) is 4.98 Å². The van der Waals surface area contributed by atoms with Crippen LogP contribution in [0.25, 0.3) is 0 Å². The summed E-state index contributed by atoms with van der Waals surface area (Å²) in [7, 11) is 1.65. The first-order valence-electron chi connectivity index (χ1n) is 6.02. The zero-order valence-electron chi connectivity index (χ0n) is 10.5. The molecule has 1 unspecified atom stereocenters. The van der Waals surface area contributed by atoms with E-state index in [1.54, 1.807) is 13.3 Å². The quantitative estimate of drug-likeness (QED) is 0.717. The van der Waals surface area contributed by atoms with Gasteiger partial charge in [0, 0.05) is 6.04 Å². The molecule has 0 aromatic carbocycles. The molecule has 90 valence electrons. The molecule has 0 fully saturated rings. The van der Waals surface area contributed by atoms with Crippen molar-refractivity contribution in [3.05, 3.63) is 18.3 Å². The zero-order valence-corrected chi connectivity index (χ0v) is 10.5. The first-order valence-corrected chi connectivity index (χ1v) is 6.02. The van der Waals surface area contributed by atoms with E-state index >= 15 is 0 Å². The summed E-state index contributed by atoms with van der Waals surface area (Å²) in [5.41, 5.74) is 0. The van der Waals surface area contributed by atoms with Gasteiger partial charge in [-0.05, 0) is 25.5 Å². The number of ether oxygens (including phenoxy) is 1. The highest BCUT2D eigenvalue weighted by atomic mass is 16.5. The van der Waals surface area contributed by atoms with Crippen molar-refractivity contribution >= 4 is 5.82 Å². The van der Waals surface area contributed by atoms with Crippen molar-refractivity contribution in [1.82, 2.24) is 4.98 Å². The molecule has 0 saturated heterocycles. The molecule has 1 N–H and O–H groups in total. The van der Waals surface area contributed by atoms with Gasteiger partial charge in [0.25, 0.3) is 0 Å². The molecule has 1 rings (SSSR count). The van der Waals surface area contributed by atoms with Gasteiger partial charge in [0.15, 0.2) is 0 Å². The number of anilines is 1. The number of nitrogens with one attached hydrogen (secondary N) is 1. The van der Waals surface area contributed by atoms with E-state index in [0.29, 0.717) is 6.04 Å². The van der Waals surface area contributed by atoms with Crippen molar-refractivity contribution in [3.8, 4) is 5.75 Å². The largest absolute Gasteiger partial charge is 0.495 e. The molecular formula is C13H22N2O. The molecule has 0 saturated carbocycles. The van der Waals surface area contributed by atoms with Gasteiger partial charge in [-0.1, -0.05) is 26.2 Å². The molecule has 3 heteroatoms. The molecule has 0 radical (unpaired) electrons. The van der Waals surface area contributed by atoms with Crippen LogP contribution in [0.5, 0.6) is 5.75 Å². The van der Waals surface area contributed by atoms with E-state index in [1.807, 2.05) is 12.1 Å². The van der Waals surface area contributed by atoms with E-state index in [4.69, 9.17) is 4.74 Å². The van der Waals surface area contributed by atoms with Crippen LogP contribution in [0.4, 0.5) is 5.82 Å². The van der Waals surface area contributed by atoms with Gasteiger partial charge in [-0.15, -0.1) is 0 Å². The highest BCUT2D eigenvalue weighted by Crippen LogP contribution is 2.13. The Labute approximate surface area is 98.2 Å². The molecule has 1 heterocycles. The fourth-order valence-corrected chi connectivity index (χ4v) is 1.61. The van der Waals surface area contributed by atoms with E-state index < -0.39 is 0 Å². The van der Waals surface area contributed by atoms with E-state index in [0.717, 1.165) is 11.6 Å². The monoisotopic (exact) mass is 222 g/mol. The van der Waals surface area contributed by atoms with Crippen LogP contribution in [0.1, 0.15) is 39.5 Å². The predicted molar refractivity (Wildman–Crippen MR) is 68.0 cm³/mol. The molecule has 1 atom stereocenters. The van der Waals surface area contributed by atoms with Gasteiger partial charge in [0.2, 0.25) is 0 Å². The summed E-state index contributed by atoms with van der Waals surface area (Å²) in [4.78, 5) is 4.28. The first kappa shape index (κ1) is 12.8. The number of rotatable bonds is 7. The molecule has 0 bridgehead atoms. The second kappa shape index (κ2) is 7.09.